The third-order valence-corrected chi connectivity index (χ3v) is 5.18. The molecule has 9 heteroatoms. The van der Waals surface area contributed by atoms with Crippen molar-refractivity contribution in [3.05, 3.63) is 28.2 Å². The molecule has 0 aliphatic carbocycles. The summed E-state index contributed by atoms with van der Waals surface area (Å²) in [5, 5.41) is 14.1. The van der Waals surface area contributed by atoms with Gasteiger partial charge in [-0.05, 0) is 37.5 Å². The maximum Gasteiger partial charge on any atom is 0.240 e. The third kappa shape index (κ3) is 6.30. The number of hydrogen-bond donors (Lipinski definition) is 2. The van der Waals surface area contributed by atoms with E-state index in [0.717, 1.165) is 12.1 Å². The molecular formula is C17H20Cl2N4O2S. The summed E-state index contributed by atoms with van der Waals surface area (Å²) >= 11 is 13.0. The van der Waals surface area contributed by atoms with E-state index in [1.165, 1.54) is 11.8 Å². The van der Waals surface area contributed by atoms with E-state index in [0.29, 0.717) is 26.8 Å². The zero-order valence-electron chi connectivity index (χ0n) is 14.7. The lowest BCUT2D eigenvalue weighted by molar-refractivity contribution is -0.122. The highest BCUT2D eigenvalue weighted by atomic mass is 35.5. The van der Waals surface area contributed by atoms with Crippen LogP contribution < -0.4 is 10.6 Å². The number of amides is 2. The van der Waals surface area contributed by atoms with Gasteiger partial charge in [0.15, 0.2) is 5.17 Å². The maximum atomic E-state index is 12.2. The van der Waals surface area contributed by atoms with Crippen molar-refractivity contribution in [3.63, 3.8) is 0 Å². The molecule has 1 aromatic rings. The zero-order valence-corrected chi connectivity index (χ0v) is 17.0. The van der Waals surface area contributed by atoms with Crippen LogP contribution in [0.25, 0.3) is 0 Å². The van der Waals surface area contributed by atoms with Gasteiger partial charge in [0, 0.05) is 17.8 Å². The number of nitrogens with one attached hydrogen (secondary N) is 2. The van der Waals surface area contributed by atoms with Gasteiger partial charge in [0.25, 0.3) is 0 Å². The third-order valence-electron chi connectivity index (χ3n) is 3.37. The number of carbonyl (C=O) groups is 2. The minimum Gasteiger partial charge on any atom is -0.326 e. The lowest BCUT2D eigenvalue weighted by Crippen LogP contribution is -2.28. The predicted molar refractivity (Wildman–Crippen MR) is 109 cm³/mol. The molecule has 26 heavy (non-hydrogen) atoms. The van der Waals surface area contributed by atoms with E-state index in [9.17, 15) is 9.59 Å². The largest absolute Gasteiger partial charge is 0.326 e. The average Bonchev–Trinajstić information content (AvgIpc) is 2.88. The highest BCUT2D eigenvalue weighted by molar-refractivity contribution is 8.15. The standard InChI is InChI=1S/C17H20Cl2N4O2S/c1-9(2)6-10(3)22-23-17-21-16(25)14(26-17)8-15(24)20-11-4-5-12(18)13(19)7-11/h4-5,7,9,14H,6,8H2,1-3H3,(H,20,24)(H,21,23,25)/t14-/m0/s1. The number of carbonyl (C=O) groups excluding carboxylic acids is 2. The predicted octanol–water partition coefficient (Wildman–Crippen LogP) is 4.33. The van der Waals surface area contributed by atoms with Crippen molar-refractivity contribution in [2.75, 3.05) is 5.32 Å². The molecule has 0 bridgehead atoms. The molecule has 1 heterocycles. The first-order valence-electron chi connectivity index (χ1n) is 8.08. The first-order chi connectivity index (χ1) is 12.2. The highest BCUT2D eigenvalue weighted by Crippen LogP contribution is 2.26. The lowest BCUT2D eigenvalue weighted by atomic mass is 10.1. The molecule has 2 rings (SSSR count). The summed E-state index contributed by atoms with van der Waals surface area (Å²) in [5.74, 6) is -0.0610. The molecular weight excluding hydrogens is 395 g/mol. The number of rotatable bonds is 6. The molecule has 1 aromatic carbocycles. The van der Waals surface area contributed by atoms with Crippen LogP contribution in [-0.2, 0) is 9.59 Å². The van der Waals surface area contributed by atoms with Crippen molar-refractivity contribution >= 4 is 63.3 Å². The first-order valence-corrected chi connectivity index (χ1v) is 9.71. The van der Waals surface area contributed by atoms with Crippen LogP contribution in [-0.4, -0.2) is 27.9 Å². The van der Waals surface area contributed by atoms with E-state index in [1.807, 2.05) is 6.92 Å². The molecule has 2 N–H and O–H groups in total. The fraction of sp³-hybridized carbons (Fsp3) is 0.412. The van der Waals surface area contributed by atoms with Crippen molar-refractivity contribution < 1.29 is 9.59 Å². The average molecular weight is 415 g/mol. The Balaban J connectivity index is 1.92. The number of anilines is 1. The summed E-state index contributed by atoms with van der Waals surface area (Å²) in [7, 11) is 0. The Labute approximate surface area is 166 Å². The van der Waals surface area contributed by atoms with Gasteiger partial charge in [0.1, 0.15) is 5.25 Å². The van der Waals surface area contributed by atoms with Gasteiger partial charge in [-0.15, -0.1) is 5.10 Å². The van der Waals surface area contributed by atoms with Gasteiger partial charge in [0.2, 0.25) is 11.8 Å². The van der Waals surface area contributed by atoms with E-state index < -0.39 is 5.25 Å². The highest BCUT2D eigenvalue weighted by Gasteiger charge is 2.32. The summed E-state index contributed by atoms with van der Waals surface area (Å²) in [6.07, 6.45) is 0.856. The van der Waals surface area contributed by atoms with E-state index in [1.54, 1.807) is 18.2 Å². The van der Waals surface area contributed by atoms with Crippen LogP contribution in [0.2, 0.25) is 10.0 Å². The van der Waals surface area contributed by atoms with E-state index in [2.05, 4.69) is 34.7 Å². The number of nitrogens with zero attached hydrogens (tertiary/aromatic N) is 2. The first kappa shape index (κ1) is 20.7. The SMILES string of the molecule is CC(CC(C)C)=NN=C1NC(=O)[C@H](CC(=O)Nc2ccc(Cl)c(Cl)c2)S1. The Morgan fingerprint density at radius 3 is 2.73 bits per heavy atom. The Bertz CT molecular complexity index is 765. The molecule has 0 spiro atoms. The summed E-state index contributed by atoms with van der Waals surface area (Å²) in [6, 6.07) is 4.80. The van der Waals surface area contributed by atoms with Crippen molar-refractivity contribution in [3.8, 4) is 0 Å². The van der Waals surface area contributed by atoms with Crippen LogP contribution in [0.15, 0.2) is 28.4 Å². The van der Waals surface area contributed by atoms with Gasteiger partial charge in [-0.3, -0.25) is 9.59 Å². The van der Waals surface area contributed by atoms with Crippen LogP contribution in [0, 0.1) is 5.92 Å². The minimum atomic E-state index is -0.544. The maximum absolute atomic E-state index is 12.2. The smallest absolute Gasteiger partial charge is 0.240 e. The monoisotopic (exact) mass is 414 g/mol. The molecule has 0 radical (unpaired) electrons. The number of amidine groups is 1. The van der Waals surface area contributed by atoms with Crippen molar-refractivity contribution in [1.82, 2.24) is 5.32 Å². The molecule has 6 nitrogen and oxygen atoms in total. The van der Waals surface area contributed by atoms with E-state index in [4.69, 9.17) is 23.2 Å². The molecule has 1 atom stereocenters. The van der Waals surface area contributed by atoms with Crippen molar-refractivity contribution in [1.29, 1.82) is 0 Å². The minimum absolute atomic E-state index is 0.0183. The Hall–Kier alpha value is -1.57. The van der Waals surface area contributed by atoms with Crippen LogP contribution in [0.3, 0.4) is 0 Å². The Morgan fingerprint density at radius 1 is 1.35 bits per heavy atom. The van der Waals surface area contributed by atoms with Gasteiger partial charge >= 0.3 is 0 Å². The van der Waals surface area contributed by atoms with Crippen molar-refractivity contribution in [2.45, 2.75) is 38.9 Å². The molecule has 1 aliphatic heterocycles. The Kier molecular flexibility index (Phi) is 7.49. The van der Waals surface area contributed by atoms with Crippen LogP contribution in [0.5, 0.6) is 0 Å². The topological polar surface area (TPSA) is 82.9 Å². The molecule has 0 unspecified atom stereocenters. The van der Waals surface area contributed by atoms with Gasteiger partial charge in [-0.2, -0.15) is 5.10 Å². The van der Waals surface area contributed by atoms with Crippen LogP contribution in [0.4, 0.5) is 5.69 Å². The Morgan fingerprint density at radius 2 is 2.08 bits per heavy atom. The molecule has 140 valence electrons. The fourth-order valence-corrected chi connectivity index (χ4v) is 3.52. The van der Waals surface area contributed by atoms with Gasteiger partial charge < -0.3 is 10.6 Å². The quantitative estimate of drug-likeness (QED) is 0.536. The van der Waals surface area contributed by atoms with Crippen molar-refractivity contribution in [2.24, 2.45) is 16.1 Å². The number of hydrogen-bond acceptors (Lipinski definition) is 5. The van der Waals surface area contributed by atoms with Gasteiger partial charge in [-0.1, -0.05) is 48.8 Å². The summed E-state index contributed by atoms with van der Waals surface area (Å²) in [4.78, 5) is 24.2. The molecule has 0 aromatic heterocycles. The number of halogens is 2. The van der Waals surface area contributed by atoms with Crippen LogP contribution in [0.1, 0.15) is 33.6 Å². The fourth-order valence-electron chi connectivity index (χ4n) is 2.30. The second-order valence-corrected chi connectivity index (χ2v) is 8.32. The molecule has 2 amide bonds. The zero-order chi connectivity index (χ0) is 19.3. The second-order valence-electron chi connectivity index (χ2n) is 6.32. The lowest BCUT2D eigenvalue weighted by Gasteiger charge is -2.08. The number of thioether (sulfide) groups is 1. The van der Waals surface area contributed by atoms with E-state index >= 15 is 0 Å². The van der Waals surface area contributed by atoms with Crippen LogP contribution >= 0.6 is 35.0 Å². The van der Waals surface area contributed by atoms with Gasteiger partial charge in [-0.25, -0.2) is 0 Å². The molecule has 0 saturated carbocycles. The molecule has 1 saturated heterocycles. The summed E-state index contributed by atoms with van der Waals surface area (Å²) in [5.41, 5.74) is 1.42. The molecule has 1 fully saturated rings. The number of benzene rings is 1. The van der Waals surface area contributed by atoms with Gasteiger partial charge in [0.05, 0.1) is 10.0 Å². The summed E-state index contributed by atoms with van der Waals surface area (Å²) < 4.78 is 0. The summed E-state index contributed by atoms with van der Waals surface area (Å²) in [6.45, 7) is 6.09. The molecule has 1 aliphatic rings. The second kappa shape index (κ2) is 9.39. The normalized spacial score (nSPS) is 19.2. The van der Waals surface area contributed by atoms with E-state index in [-0.39, 0.29) is 18.2 Å².